The van der Waals surface area contributed by atoms with Crippen molar-refractivity contribution in [3.8, 4) is 5.75 Å². The van der Waals surface area contributed by atoms with E-state index < -0.39 is 10.9 Å². The number of rotatable bonds is 8. The third kappa shape index (κ3) is 3.83. The molecule has 1 aromatic carbocycles. The van der Waals surface area contributed by atoms with Gasteiger partial charge >= 0.3 is 0 Å². The Morgan fingerprint density at radius 1 is 1.33 bits per heavy atom. The van der Waals surface area contributed by atoms with E-state index in [1.165, 1.54) is 4.88 Å². The van der Waals surface area contributed by atoms with Crippen molar-refractivity contribution in [1.29, 1.82) is 0 Å². The smallest absolute Gasteiger partial charge is 0.253 e. The molecule has 0 aliphatic heterocycles. The third-order valence-corrected chi connectivity index (χ3v) is 3.84. The molecule has 0 spiro atoms. The van der Waals surface area contributed by atoms with Gasteiger partial charge in [0.25, 0.3) is 10.9 Å². The molecule has 0 unspecified atom stereocenters. The molecule has 7 heteroatoms. The van der Waals surface area contributed by atoms with Gasteiger partial charge in [0.05, 0.1) is 6.61 Å². The van der Waals surface area contributed by atoms with E-state index in [1.54, 1.807) is 11.3 Å². The second kappa shape index (κ2) is 6.73. The Morgan fingerprint density at radius 2 is 2.10 bits per heavy atom. The summed E-state index contributed by atoms with van der Waals surface area (Å²) in [5, 5.41) is 4.85. The molecule has 0 saturated heterocycles. The van der Waals surface area contributed by atoms with Crippen LogP contribution in [0.3, 0.4) is 0 Å². The first-order chi connectivity index (χ1) is 9.99. The van der Waals surface area contributed by atoms with Gasteiger partial charge in [-0.3, -0.25) is 9.59 Å². The number of nitrogens with one attached hydrogen (secondary N) is 1. The number of hydrogen-bond donors (Lipinski definition) is 2. The van der Waals surface area contributed by atoms with Crippen LogP contribution < -0.4 is 26.6 Å². The molecule has 0 aliphatic carbocycles. The summed E-state index contributed by atoms with van der Waals surface area (Å²) in [7, 11) is 4.05. The second-order valence-electron chi connectivity index (χ2n) is 5.06. The van der Waals surface area contributed by atoms with Gasteiger partial charge in [-0.2, -0.15) is 0 Å². The fourth-order valence-electron chi connectivity index (χ4n) is 1.89. The summed E-state index contributed by atoms with van der Waals surface area (Å²) < 4.78 is 5.63. The Kier molecular flexibility index (Phi) is 4.98. The molecule has 1 aromatic heterocycles. The van der Waals surface area contributed by atoms with E-state index in [-0.39, 0.29) is 11.4 Å². The number of ether oxygens (including phenoxy) is 1. The molecule has 0 fully saturated rings. The monoisotopic (exact) mass is 309 g/mol. The number of nitrogens with zero attached hydrogens (tertiary/aromatic N) is 1. The summed E-state index contributed by atoms with van der Waals surface area (Å²) in [4.78, 5) is 25.4. The molecule has 21 heavy (non-hydrogen) atoms. The lowest BCUT2D eigenvalue weighted by molar-refractivity contribution is 0.315. The molecule has 2 rings (SSSR count). The summed E-state index contributed by atoms with van der Waals surface area (Å²) >= 11 is 1.67. The van der Waals surface area contributed by atoms with Gasteiger partial charge in [0, 0.05) is 23.3 Å². The summed E-state index contributed by atoms with van der Waals surface area (Å²) in [5.74, 6) is 0.866. The maximum absolute atomic E-state index is 11.2. The maximum atomic E-state index is 11.2. The first-order valence-electron chi connectivity index (χ1n) is 6.66. The minimum atomic E-state index is -0.597. The van der Waals surface area contributed by atoms with Gasteiger partial charge < -0.3 is 20.7 Å². The van der Waals surface area contributed by atoms with Crippen molar-refractivity contribution >= 4 is 22.7 Å². The molecule has 0 saturated carbocycles. The van der Waals surface area contributed by atoms with Crippen molar-refractivity contribution in [2.24, 2.45) is 0 Å². The lowest BCUT2D eigenvalue weighted by Gasteiger charge is -2.10. The standard InChI is InChI=1S/C14H19N3O3S/c1-17(2)7-10-6-9(8-21-10)20-5-3-4-16-12-11(15)13(18)14(12)19/h6,8,16H,3-5,7,15H2,1-2H3. The van der Waals surface area contributed by atoms with E-state index in [4.69, 9.17) is 10.5 Å². The van der Waals surface area contributed by atoms with E-state index in [0.29, 0.717) is 13.2 Å². The lowest BCUT2D eigenvalue weighted by Crippen LogP contribution is -2.37. The van der Waals surface area contributed by atoms with Gasteiger partial charge in [0.15, 0.2) is 0 Å². The van der Waals surface area contributed by atoms with Crippen molar-refractivity contribution < 1.29 is 4.74 Å². The zero-order chi connectivity index (χ0) is 15.4. The van der Waals surface area contributed by atoms with E-state index in [0.717, 1.165) is 18.7 Å². The van der Waals surface area contributed by atoms with E-state index >= 15 is 0 Å². The van der Waals surface area contributed by atoms with E-state index in [1.807, 2.05) is 25.5 Å². The van der Waals surface area contributed by atoms with Crippen LogP contribution >= 0.6 is 11.3 Å². The first-order valence-corrected chi connectivity index (χ1v) is 7.54. The van der Waals surface area contributed by atoms with Crippen LogP contribution in [0, 0.1) is 0 Å². The molecule has 0 atom stereocenters. The fourth-order valence-corrected chi connectivity index (χ4v) is 2.81. The highest BCUT2D eigenvalue weighted by molar-refractivity contribution is 7.10. The zero-order valence-corrected chi connectivity index (χ0v) is 13.0. The predicted octanol–water partition coefficient (Wildman–Crippen LogP) is 0.869. The highest BCUT2D eigenvalue weighted by Gasteiger charge is 2.16. The number of hydrogen-bond acceptors (Lipinski definition) is 7. The van der Waals surface area contributed by atoms with Gasteiger partial charge in [-0.15, -0.1) is 11.3 Å². The van der Waals surface area contributed by atoms with Gasteiger partial charge in [-0.1, -0.05) is 0 Å². The molecule has 0 amide bonds. The SMILES string of the molecule is CN(C)Cc1cc(OCCCNc2c(N)c(=O)c2=O)cs1. The van der Waals surface area contributed by atoms with Gasteiger partial charge in [0.1, 0.15) is 17.1 Å². The van der Waals surface area contributed by atoms with E-state index in [9.17, 15) is 9.59 Å². The summed E-state index contributed by atoms with van der Waals surface area (Å²) in [5.41, 5.74) is 4.57. The van der Waals surface area contributed by atoms with Gasteiger partial charge in [-0.05, 0) is 26.6 Å². The first kappa shape index (κ1) is 15.5. The van der Waals surface area contributed by atoms with Crippen LogP contribution in [0.5, 0.6) is 5.75 Å². The Hall–Kier alpha value is -1.86. The van der Waals surface area contributed by atoms with Crippen LogP contribution in [0.1, 0.15) is 11.3 Å². The van der Waals surface area contributed by atoms with Gasteiger partial charge in [-0.25, -0.2) is 0 Å². The molecular weight excluding hydrogens is 290 g/mol. The number of thiophene rings is 1. The Morgan fingerprint density at radius 3 is 2.76 bits per heavy atom. The zero-order valence-electron chi connectivity index (χ0n) is 12.1. The topological polar surface area (TPSA) is 84.7 Å². The summed E-state index contributed by atoms with van der Waals surface area (Å²) in [6.45, 7) is 1.99. The van der Waals surface area contributed by atoms with Crippen molar-refractivity contribution in [2.75, 3.05) is 38.3 Å². The number of nitrogens with two attached hydrogens (primary N) is 1. The molecular formula is C14H19N3O3S. The number of anilines is 2. The maximum Gasteiger partial charge on any atom is 0.253 e. The van der Waals surface area contributed by atoms with Crippen LogP contribution in [0.2, 0.25) is 0 Å². The Bertz CT molecular complexity index is 671. The van der Waals surface area contributed by atoms with Crippen molar-refractivity contribution in [1.82, 2.24) is 4.90 Å². The second-order valence-corrected chi connectivity index (χ2v) is 6.06. The molecule has 114 valence electrons. The Labute approximate surface area is 126 Å². The van der Waals surface area contributed by atoms with Gasteiger partial charge in [0.2, 0.25) is 0 Å². The van der Waals surface area contributed by atoms with Crippen LogP contribution in [-0.4, -0.2) is 32.1 Å². The highest BCUT2D eigenvalue weighted by atomic mass is 32.1. The molecule has 3 N–H and O–H groups in total. The summed E-state index contributed by atoms with van der Waals surface area (Å²) in [6, 6.07) is 2.03. The molecule has 1 heterocycles. The molecule has 0 bridgehead atoms. The minimum Gasteiger partial charge on any atom is -0.493 e. The third-order valence-electron chi connectivity index (χ3n) is 2.94. The van der Waals surface area contributed by atoms with Crippen LogP contribution in [0.25, 0.3) is 0 Å². The van der Waals surface area contributed by atoms with Crippen LogP contribution in [0.4, 0.5) is 11.4 Å². The largest absolute Gasteiger partial charge is 0.493 e. The fraction of sp³-hybridized carbons (Fsp3) is 0.429. The Balaban J connectivity index is 1.67. The lowest BCUT2D eigenvalue weighted by atomic mass is 10.2. The van der Waals surface area contributed by atoms with Crippen LogP contribution in [0.15, 0.2) is 21.0 Å². The van der Waals surface area contributed by atoms with Crippen molar-refractivity contribution in [3.05, 3.63) is 36.8 Å². The summed E-state index contributed by atoms with van der Waals surface area (Å²) in [6.07, 6.45) is 0.719. The molecule has 0 radical (unpaired) electrons. The molecule has 6 nitrogen and oxygen atoms in total. The molecule has 0 aliphatic rings. The molecule has 2 aromatic rings. The van der Waals surface area contributed by atoms with Crippen molar-refractivity contribution in [3.63, 3.8) is 0 Å². The average Bonchev–Trinajstić information content (AvgIpc) is 2.88. The van der Waals surface area contributed by atoms with Crippen molar-refractivity contribution in [2.45, 2.75) is 13.0 Å². The average molecular weight is 309 g/mol. The predicted molar refractivity (Wildman–Crippen MR) is 86.1 cm³/mol. The quantitative estimate of drug-likeness (QED) is 0.556. The normalized spacial score (nSPS) is 11.2. The van der Waals surface area contributed by atoms with E-state index in [2.05, 4.69) is 10.2 Å². The minimum absolute atomic E-state index is 0.0343. The highest BCUT2D eigenvalue weighted by Crippen LogP contribution is 2.22. The number of nitrogen functional groups attached to an aromatic ring is 1. The van der Waals surface area contributed by atoms with Crippen LogP contribution in [-0.2, 0) is 6.54 Å².